The number of ketones is 1. The van der Waals surface area contributed by atoms with Gasteiger partial charge in [-0.05, 0) is 35.4 Å². The molecule has 0 saturated heterocycles. The third-order valence-electron chi connectivity index (χ3n) is 5.34. The molecule has 1 aromatic heterocycles. The van der Waals surface area contributed by atoms with E-state index in [1.807, 2.05) is 48.5 Å². The van der Waals surface area contributed by atoms with Gasteiger partial charge in [0.25, 0.3) is 0 Å². The fraction of sp³-hybridized carbons (Fsp3) is 0.148. The molecule has 0 fully saturated rings. The molecule has 6 nitrogen and oxygen atoms in total. The van der Waals surface area contributed by atoms with Crippen molar-refractivity contribution in [2.75, 3.05) is 13.7 Å². The maximum absolute atomic E-state index is 12.6. The van der Waals surface area contributed by atoms with Gasteiger partial charge < -0.3 is 14.5 Å². The molecule has 1 N–H and O–H groups in total. The third kappa shape index (κ3) is 5.54. The molecule has 4 aromatic rings. The van der Waals surface area contributed by atoms with Crippen molar-refractivity contribution in [2.45, 2.75) is 12.8 Å². The minimum absolute atomic E-state index is 0.00193. The van der Waals surface area contributed by atoms with Crippen LogP contribution in [0.5, 0.6) is 5.75 Å². The van der Waals surface area contributed by atoms with E-state index >= 15 is 0 Å². The van der Waals surface area contributed by atoms with E-state index in [2.05, 4.69) is 14.7 Å². The zero-order chi connectivity index (χ0) is 23.0. The Hall–Kier alpha value is -4.19. The zero-order valence-electron chi connectivity index (χ0n) is 18.3. The molecule has 6 heteroatoms. The third-order valence-corrected chi connectivity index (χ3v) is 5.34. The quantitative estimate of drug-likeness (QED) is 0.295. The number of benzene rings is 3. The average molecular weight is 440 g/mol. The van der Waals surface area contributed by atoms with Gasteiger partial charge in [0, 0.05) is 24.0 Å². The van der Waals surface area contributed by atoms with Crippen LogP contribution in [0, 0.1) is 0 Å². The number of carbonyl (C=O) groups is 2. The summed E-state index contributed by atoms with van der Waals surface area (Å²) < 4.78 is 10.7. The highest BCUT2D eigenvalue weighted by molar-refractivity contribution is 5.98. The van der Waals surface area contributed by atoms with Crippen LogP contribution in [0.15, 0.2) is 85.3 Å². The number of imidazole rings is 1. The van der Waals surface area contributed by atoms with Crippen LogP contribution < -0.4 is 4.74 Å². The summed E-state index contributed by atoms with van der Waals surface area (Å²) in [6.45, 7) is 0.538. The van der Waals surface area contributed by atoms with E-state index in [0.29, 0.717) is 24.2 Å². The molecular formula is C27H24N2O4. The molecule has 0 aliphatic rings. The summed E-state index contributed by atoms with van der Waals surface area (Å²) in [5.74, 6) is 0.387. The van der Waals surface area contributed by atoms with Gasteiger partial charge in [-0.15, -0.1) is 0 Å². The van der Waals surface area contributed by atoms with E-state index in [1.54, 1.807) is 36.8 Å². The summed E-state index contributed by atoms with van der Waals surface area (Å²) in [6.07, 6.45) is 4.47. The summed E-state index contributed by atoms with van der Waals surface area (Å²) in [5.41, 5.74) is 4.95. The lowest BCUT2D eigenvalue weighted by Gasteiger charge is -2.11. The lowest BCUT2D eigenvalue weighted by atomic mass is 10.0. The molecule has 1 heterocycles. The van der Waals surface area contributed by atoms with Gasteiger partial charge >= 0.3 is 5.97 Å². The van der Waals surface area contributed by atoms with E-state index in [0.717, 1.165) is 34.6 Å². The maximum atomic E-state index is 12.6. The first kappa shape index (κ1) is 22.0. The Bertz CT molecular complexity index is 1210. The van der Waals surface area contributed by atoms with Crippen molar-refractivity contribution in [3.05, 3.63) is 108 Å². The van der Waals surface area contributed by atoms with Crippen LogP contribution in [0.1, 0.15) is 31.8 Å². The van der Waals surface area contributed by atoms with E-state index < -0.39 is 5.97 Å². The molecule has 0 saturated carbocycles. The predicted octanol–water partition coefficient (Wildman–Crippen LogP) is 4.91. The second-order valence-electron chi connectivity index (χ2n) is 7.55. The molecule has 0 radical (unpaired) electrons. The normalized spacial score (nSPS) is 10.6. The van der Waals surface area contributed by atoms with Crippen molar-refractivity contribution in [3.8, 4) is 17.0 Å². The molecule has 0 aliphatic carbocycles. The number of carbonyl (C=O) groups excluding carboxylic acids is 2. The SMILES string of the molecule is COC(=O)c1ccc(C(=O)Cc2ccc(CCOc3ccccc3-c3cnc[nH]3)cc2)cc1. The van der Waals surface area contributed by atoms with Crippen molar-refractivity contribution in [3.63, 3.8) is 0 Å². The fourth-order valence-electron chi connectivity index (χ4n) is 3.52. The first-order valence-corrected chi connectivity index (χ1v) is 10.6. The number of hydrogen-bond donors (Lipinski definition) is 1. The number of nitrogens with one attached hydrogen (secondary N) is 1. The number of aromatic amines is 1. The molecule has 0 unspecified atom stereocenters. The van der Waals surface area contributed by atoms with Crippen molar-refractivity contribution >= 4 is 11.8 Å². The van der Waals surface area contributed by atoms with Gasteiger partial charge in [0.15, 0.2) is 5.78 Å². The smallest absolute Gasteiger partial charge is 0.337 e. The number of rotatable bonds is 9. The number of aromatic nitrogens is 2. The first-order valence-electron chi connectivity index (χ1n) is 10.6. The second kappa shape index (κ2) is 10.4. The van der Waals surface area contributed by atoms with Crippen LogP contribution in [0.3, 0.4) is 0 Å². The topological polar surface area (TPSA) is 81.3 Å². The van der Waals surface area contributed by atoms with Crippen molar-refractivity contribution in [1.29, 1.82) is 0 Å². The van der Waals surface area contributed by atoms with Gasteiger partial charge in [0.05, 0.1) is 37.5 Å². The van der Waals surface area contributed by atoms with Crippen molar-refractivity contribution in [1.82, 2.24) is 9.97 Å². The maximum Gasteiger partial charge on any atom is 0.337 e. The van der Waals surface area contributed by atoms with Crippen LogP contribution in [-0.2, 0) is 17.6 Å². The average Bonchev–Trinajstić information content (AvgIpc) is 3.40. The van der Waals surface area contributed by atoms with E-state index in [4.69, 9.17) is 4.74 Å². The van der Waals surface area contributed by atoms with E-state index in [9.17, 15) is 9.59 Å². The highest BCUT2D eigenvalue weighted by atomic mass is 16.5. The Morgan fingerprint density at radius 2 is 1.58 bits per heavy atom. The highest BCUT2D eigenvalue weighted by Gasteiger charge is 2.10. The molecule has 3 aromatic carbocycles. The predicted molar refractivity (Wildman–Crippen MR) is 125 cm³/mol. The van der Waals surface area contributed by atoms with Crippen LogP contribution in [0.2, 0.25) is 0 Å². The van der Waals surface area contributed by atoms with Gasteiger partial charge in [-0.25, -0.2) is 9.78 Å². The first-order chi connectivity index (χ1) is 16.1. The minimum atomic E-state index is -0.418. The lowest BCUT2D eigenvalue weighted by Crippen LogP contribution is -2.06. The number of para-hydroxylation sites is 1. The number of nitrogens with zero attached hydrogens (tertiary/aromatic N) is 1. The molecule has 0 amide bonds. The summed E-state index contributed by atoms with van der Waals surface area (Å²) in [5, 5.41) is 0. The zero-order valence-corrected chi connectivity index (χ0v) is 18.3. The monoisotopic (exact) mass is 440 g/mol. The Balaban J connectivity index is 1.31. The summed E-state index contributed by atoms with van der Waals surface area (Å²) in [6, 6.07) is 22.4. The van der Waals surface area contributed by atoms with Crippen LogP contribution in [-0.4, -0.2) is 35.4 Å². The lowest BCUT2D eigenvalue weighted by molar-refractivity contribution is 0.0600. The Morgan fingerprint density at radius 1 is 0.879 bits per heavy atom. The summed E-state index contributed by atoms with van der Waals surface area (Å²) in [7, 11) is 1.33. The number of esters is 1. The van der Waals surface area contributed by atoms with Gasteiger partial charge in [-0.2, -0.15) is 0 Å². The Kier molecular flexibility index (Phi) is 6.95. The van der Waals surface area contributed by atoms with Crippen molar-refractivity contribution in [2.24, 2.45) is 0 Å². The van der Waals surface area contributed by atoms with Crippen LogP contribution in [0.25, 0.3) is 11.3 Å². The molecule has 166 valence electrons. The largest absolute Gasteiger partial charge is 0.493 e. The van der Waals surface area contributed by atoms with Crippen LogP contribution in [0.4, 0.5) is 0 Å². The van der Waals surface area contributed by atoms with Crippen LogP contribution >= 0.6 is 0 Å². The molecule has 4 rings (SSSR count). The fourth-order valence-corrected chi connectivity index (χ4v) is 3.52. The number of methoxy groups -OCH3 is 1. The number of H-pyrrole nitrogens is 1. The van der Waals surface area contributed by atoms with Crippen molar-refractivity contribution < 1.29 is 19.1 Å². The number of ether oxygens (including phenoxy) is 2. The standard InChI is InChI=1S/C27H24N2O4/c1-32-27(31)22-12-10-21(11-13-22)25(30)16-20-8-6-19(7-9-20)14-15-33-26-5-3-2-4-23(26)24-17-28-18-29-24/h2-13,17-18H,14-16H2,1H3,(H,28,29). The highest BCUT2D eigenvalue weighted by Crippen LogP contribution is 2.28. The van der Waals surface area contributed by atoms with E-state index in [1.165, 1.54) is 7.11 Å². The van der Waals surface area contributed by atoms with Gasteiger partial charge in [0.2, 0.25) is 0 Å². The Labute approximate surface area is 192 Å². The van der Waals surface area contributed by atoms with Gasteiger partial charge in [-0.3, -0.25) is 4.79 Å². The number of Topliss-reactive ketones (excluding diaryl/α,β-unsaturated/α-hetero) is 1. The molecular weight excluding hydrogens is 416 g/mol. The van der Waals surface area contributed by atoms with E-state index in [-0.39, 0.29) is 5.78 Å². The molecule has 0 spiro atoms. The molecule has 33 heavy (non-hydrogen) atoms. The molecule has 0 atom stereocenters. The summed E-state index contributed by atoms with van der Waals surface area (Å²) in [4.78, 5) is 31.3. The minimum Gasteiger partial charge on any atom is -0.493 e. The Morgan fingerprint density at radius 3 is 2.27 bits per heavy atom. The second-order valence-corrected chi connectivity index (χ2v) is 7.55. The molecule has 0 aliphatic heterocycles. The van der Waals surface area contributed by atoms with Gasteiger partial charge in [-0.1, -0.05) is 48.5 Å². The van der Waals surface area contributed by atoms with Gasteiger partial charge in [0.1, 0.15) is 5.75 Å². The summed E-state index contributed by atoms with van der Waals surface area (Å²) >= 11 is 0. The molecule has 0 bridgehead atoms. The number of hydrogen-bond acceptors (Lipinski definition) is 5.